The van der Waals surface area contributed by atoms with Crippen LogP contribution in [0.5, 0.6) is 0 Å². The number of halogens is 3. The van der Waals surface area contributed by atoms with E-state index in [4.69, 9.17) is 9.15 Å². The van der Waals surface area contributed by atoms with Gasteiger partial charge in [-0.3, -0.25) is 9.69 Å². The van der Waals surface area contributed by atoms with Crippen LogP contribution in [0.25, 0.3) is 0 Å². The van der Waals surface area contributed by atoms with Crippen LogP contribution >= 0.6 is 0 Å². The SMILES string of the molecule is O=C(NCC1CN(c2cccc(C(F)(F)F)c2)C(=O)O1)c1ccco1. The normalized spacial score (nSPS) is 17.5. The number of hydrogen-bond donors (Lipinski definition) is 1. The summed E-state index contributed by atoms with van der Waals surface area (Å²) in [4.78, 5) is 24.8. The number of cyclic esters (lactones) is 1. The first-order valence-corrected chi connectivity index (χ1v) is 7.32. The van der Waals surface area contributed by atoms with Crippen LogP contribution in [0.2, 0.25) is 0 Å². The van der Waals surface area contributed by atoms with Gasteiger partial charge in [0.2, 0.25) is 0 Å². The number of nitrogens with zero attached hydrogens (tertiary/aromatic N) is 1. The van der Waals surface area contributed by atoms with Crippen LogP contribution in [0.3, 0.4) is 0 Å². The number of furan rings is 1. The van der Waals surface area contributed by atoms with Crippen LogP contribution in [0.4, 0.5) is 23.7 Å². The number of amides is 2. The predicted molar refractivity (Wildman–Crippen MR) is 80.1 cm³/mol. The maximum Gasteiger partial charge on any atom is 0.416 e. The van der Waals surface area contributed by atoms with Crippen LogP contribution in [0, 0.1) is 0 Å². The van der Waals surface area contributed by atoms with E-state index in [0.29, 0.717) is 0 Å². The maximum atomic E-state index is 12.8. The molecule has 0 saturated carbocycles. The van der Waals surface area contributed by atoms with E-state index in [0.717, 1.165) is 17.0 Å². The largest absolute Gasteiger partial charge is 0.459 e. The van der Waals surface area contributed by atoms with Crippen LogP contribution in [-0.4, -0.2) is 31.2 Å². The van der Waals surface area contributed by atoms with Gasteiger partial charge in [0.25, 0.3) is 5.91 Å². The van der Waals surface area contributed by atoms with Gasteiger partial charge in [-0.15, -0.1) is 0 Å². The molecule has 1 aromatic heterocycles. The summed E-state index contributed by atoms with van der Waals surface area (Å²) in [5.41, 5.74) is -0.771. The van der Waals surface area contributed by atoms with E-state index in [2.05, 4.69) is 5.32 Å². The summed E-state index contributed by atoms with van der Waals surface area (Å²) in [6, 6.07) is 7.44. The molecule has 25 heavy (non-hydrogen) atoms. The van der Waals surface area contributed by atoms with Gasteiger partial charge in [0.15, 0.2) is 5.76 Å². The van der Waals surface area contributed by atoms with Gasteiger partial charge in [0.1, 0.15) is 6.10 Å². The molecule has 2 aromatic rings. The lowest BCUT2D eigenvalue weighted by atomic mass is 10.2. The number of anilines is 1. The molecular formula is C16H13F3N2O4. The van der Waals surface area contributed by atoms with Gasteiger partial charge in [-0.05, 0) is 30.3 Å². The zero-order valence-corrected chi connectivity index (χ0v) is 12.7. The van der Waals surface area contributed by atoms with E-state index in [9.17, 15) is 22.8 Å². The van der Waals surface area contributed by atoms with Crippen molar-refractivity contribution in [3.8, 4) is 0 Å². The molecule has 1 aliphatic rings. The first-order chi connectivity index (χ1) is 11.8. The summed E-state index contributed by atoms with van der Waals surface area (Å²) < 4.78 is 48.4. The molecule has 1 unspecified atom stereocenters. The highest BCUT2D eigenvalue weighted by Crippen LogP contribution is 2.32. The standard InChI is InChI=1S/C16H13F3N2O4/c17-16(18,19)10-3-1-4-11(7-10)21-9-12(25-15(21)23)8-20-14(22)13-5-2-6-24-13/h1-7,12H,8-9H2,(H,20,22). The van der Waals surface area contributed by atoms with Crippen molar-refractivity contribution < 1.29 is 31.9 Å². The Bertz CT molecular complexity index is 774. The Hall–Kier alpha value is -2.97. The molecule has 1 N–H and O–H groups in total. The molecular weight excluding hydrogens is 341 g/mol. The topological polar surface area (TPSA) is 71.8 Å². The number of carbonyl (C=O) groups is 2. The molecule has 9 heteroatoms. The predicted octanol–water partition coefficient (Wildman–Crippen LogP) is 3.05. The highest BCUT2D eigenvalue weighted by molar-refractivity contribution is 5.92. The number of ether oxygens (including phenoxy) is 1. The Balaban J connectivity index is 1.64. The van der Waals surface area contributed by atoms with E-state index in [1.807, 2.05) is 0 Å². The number of benzene rings is 1. The second-order valence-electron chi connectivity index (χ2n) is 5.35. The molecule has 1 fully saturated rings. The Morgan fingerprint density at radius 3 is 2.76 bits per heavy atom. The zero-order valence-electron chi connectivity index (χ0n) is 12.7. The van der Waals surface area contributed by atoms with E-state index in [1.165, 1.54) is 24.5 Å². The second kappa shape index (κ2) is 6.50. The van der Waals surface area contributed by atoms with Gasteiger partial charge >= 0.3 is 12.3 Å². The second-order valence-corrected chi connectivity index (χ2v) is 5.35. The number of alkyl halides is 3. The lowest BCUT2D eigenvalue weighted by molar-refractivity contribution is -0.137. The highest BCUT2D eigenvalue weighted by atomic mass is 19.4. The molecule has 2 amide bonds. The molecule has 2 heterocycles. The van der Waals surface area contributed by atoms with E-state index in [1.54, 1.807) is 6.07 Å². The van der Waals surface area contributed by atoms with Crippen LogP contribution in [0.15, 0.2) is 47.1 Å². The lowest BCUT2D eigenvalue weighted by Gasteiger charge is -2.15. The van der Waals surface area contributed by atoms with Crippen molar-refractivity contribution in [3.05, 3.63) is 54.0 Å². The smallest absolute Gasteiger partial charge is 0.416 e. The molecule has 1 atom stereocenters. The van der Waals surface area contributed by atoms with Gasteiger partial charge in [-0.2, -0.15) is 13.2 Å². The summed E-state index contributed by atoms with van der Waals surface area (Å²) in [6.07, 6.45) is -4.60. The Morgan fingerprint density at radius 1 is 1.28 bits per heavy atom. The first-order valence-electron chi connectivity index (χ1n) is 7.32. The molecule has 1 aliphatic heterocycles. The average Bonchev–Trinajstić information content (AvgIpc) is 3.22. The Morgan fingerprint density at radius 2 is 2.08 bits per heavy atom. The van der Waals surface area contributed by atoms with Crippen molar-refractivity contribution in [2.45, 2.75) is 12.3 Å². The van der Waals surface area contributed by atoms with Crippen molar-refractivity contribution in [1.82, 2.24) is 5.32 Å². The summed E-state index contributed by atoms with van der Waals surface area (Å²) >= 11 is 0. The van der Waals surface area contributed by atoms with Crippen LogP contribution in [-0.2, 0) is 10.9 Å². The number of hydrogen-bond acceptors (Lipinski definition) is 4. The Kier molecular flexibility index (Phi) is 4.39. The van der Waals surface area contributed by atoms with Crippen LogP contribution in [0.1, 0.15) is 16.1 Å². The van der Waals surface area contributed by atoms with Crippen molar-refractivity contribution in [1.29, 1.82) is 0 Å². The van der Waals surface area contributed by atoms with Crippen molar-refractivity contribution in [3.63, 3.8) is 0 Å². The summed E-state index contributed by atoms with van der Waals surface area (Å²) in [7, 11) is 0. The number of rotatable bonds is 4. The Labute approximate surface area is 140 Å². The van der Waals surface area contributed by atoms with E-state index in [-0.39, 0.29) is 24.5 Å². The van der Waals surface area contributed by atoms with E-state index >= 15 is 0 Å². The molecule has 0 aliphatic carbocycles. The third kappa shape index (κ3) is 3.76. The molecule has 1 aromatic carbocycles. The van der Waals surface area contributed by atoms with Crippen LogP contribution < -0.4 is 10.2 Å². The minimum absolute atomic E-state index is 0.0146. The molecule has 0 bridgehead atoms. The molecule has 6 nitrogen and oxygen atoms in total. The van der Waals surface area contributed by atoms with Crippen molar-refractivity contribution in [2.24, 2.45) is 0 Å². The zero-order chi connectivity index (χ0) is 18.0. The average molecular weight is 354 g/mol. The summed E-state index contributed by atoms with van der Waals surface area (Å²) in [5.74, 6) is -0.363. The monoisotopic (exact) mass is 354 g/mol. The van der Waals surface area contributed by atoms with E-state index < -0.39 is 29.8 Å². The van der Waals surface area contributed by atoms with Crippen molar-refractivity contribution in [2.75, 3.05) is 18.0 Å². The van der Waals surface area contributed by atoms with Gasteiger partial charge in [-0.25, -0.2) is 4.79 Å². The quantitative estimate of drug-likeness (QED) is 0.916. The summed E-state index contributed by atoms with van der Waals surface area (Å²) in [6.45, 7) is 0.0410. The fraction of sp³-hybridized carbons (Fsp3) is 0.250. The van der Waals surface area contributed by atoms with Crippen molar-refractivity contribution >= 4 is 17.7 Å². The minimum Gasteiger partial charge on any atom is -0.459 e. The fourth-order valence-electron chi connectivity index (χ4n) is 2.39. The molecule has 0 spiro atoms. The minimum atomic E-state index is -4.50. The lowest BCUT2D eigenvalue weighted by Crippen LogP contribution is -2.34. The maximum absolute atomic E-state index is 12.8. The third-order valence-corrected chi connectivity index (χ3v) is 3.59. The first kappa shape index (κ1) is 16.9. The summed E-state index contributed by atoms with van der Waals surface area (Å²) in [5, 5.41) is 2.54. The molecule has 0 radical (unpaired) electrons. The number of carbonyl (C=O) groups excluding carboxylic acids is 2. The van der Waals surface area contributed by atoms with Gasteiger partial charge in [0, 0.05) is 5.69 Å². The molecule has 132 valence electrons. The fourth-order valence-corrected chi connectivity index (χ4v) is 2.39. The number of nitrogens with one attached hydrogen (secondary N) is 1. The van der Waals surface area contributed by atoms with Gasteiger partial charge in [0.05, 0.1) is 24.9 Å². The third-order valence-electron chi connectivity index (χ3n) is 3.59. The highest BCUT2D eigenvalue weighted by Gasteiger charge is 2.35. The van der Waals surface area contributed by atoms with Gasteiger partial charge < -0.3 is 14.5 Å². The molecule has 3 rings (SSSR count). The van der Waals surface area contributed by atoms with Gasteiger partial charge in [-0.1, -0.05) is 6.07 Å². The molecule has 1 saturated heterocycles.